The molecule has 0 atom stereocenters. The van der Waals surface area contributed by atoms with E-state index in [0.717, 1.165) is 18.7 Å². The van der Waals surface area contributed by atoms with Crippen molar-refractivity contribution < 1.29 is 0 Å². The molecule has 0 radical (unpaired) electrons. The van der Waals surface area contributed by atoms with Gasteiger partial charge in [-0.05, 0) is 17.9 Å². The first kappa shape index (κ1) is 8.31. The Hall–Kier alpha value is -1.29. The maximum atomic E-state index is 3.85. The van der Waals surface area contributed by atoms with Crippen LogP contribution in [0.25, 0.3) is 0 Å². The topological polar surface area (TPSA) is 40.7 Å². The first-order valence-electron chi connectivity index (χ1n) is 4.20. The molecule has 0 aliphatic carbocycles. The zero-order valence-electron chi connectivity index (χ0n) is 7.16. The van der Waals surface area contributed by atoms with Crippen LogP contribution < -0.4 is 5.32 Å². The lowest BCUT2D eigenvalue weighted by Gasteiger charge is -2.00. The summed E-state index contributed by atoms with van der Waals surface area (Å²) in [7, 11) is 0. The number of H-pyrrole nitrogens is 1. The summed E-state index contributed by atoms with van der Waals surface area (Å²) in [6.45, 7) is 0.958. The average molecular weight is 193 g/mol. The van der Waals surface area contributed by atoms with E-state index in [1.807, 2.05) is 6.20 Å². The van der Waals surface area contributed by atoms with Gasteiger partial charge >= 0.3 is 0 Å². The molecular formula is C9H11N3S. The number of nitrogens with one attached hydrogen (secondary N) is 2. The molecule has 2 aromatic rings. The van der Waals surface area contributed by atoms with Gasteiger partial charge in [0, 0.05) is 17.6 Å². The molecule has 13 heavy (non-hydrogen) atoms. The zero-order valence-corrected chi connectivity index (χ0v) is 7.97. The summed E-state index contributed by atoms with van der Waals surface area (Å²) in [6.07, 6.45) is 4.71. The van der Waals surface area contributed by atoms with E-state index in [1.54, 1.807) is 17.5 Å². The van der Waals surface area contributed by atoms with E-state index in [1.165, 1.54) is 4.88 Å². The minimum atomic E-state index is 0.958. The predicted octanol–water partition coefficient (Wildman–Crippen LogP) is 2.13. The van der Waals surface area contributed by atoms with Crippen LogP contribution >= 0.6 is 11.3 Å². The molecule has 3 nitrogen and oxygen atoms in total. The van der Waals surface area contributed by atoms with E-state index in [9.17, 15) is 0 Å². The van der Waals surface area contributed by atoms with Gasteiger partial charge in [0.2, 0.25) is 0 Å². The fraction of sp³-hybridized carbons (Fsp3) is 0.222. The Balaban J connectivity index is 1.76. The summed E-state index contributed by atoms with van der Waals surface area (Å²) in [6, 6.07) is 4.24. The van der Waals surface area contributed by atoms with Crippen LogP contribution in [0, 0.1) is 0 Å². The molecule has 2 heterocycles. The molecule has 68 valence electrons. The lowest BCUT2D eigenvalue weighted by atomic mass is 10.3. The highest BCUT2D eigenvalue weighted by molar-refractivity contribution is 7.09. The standard InChI is InChI=1S/C9H11N3S/c1-2-9(13-5-1)3-4-10-8-6-11-12-7-8/h1-2,5-7,10H,3-4H2,(H,11,12). The number of anilines is 1. The van der Waals surface area contributed by atoms with Crippen molar-refractivity contribution in [1.82, 2.24) is 10.2 Å². The van der Waals surface area contributed by atoms with Gasteiger partial charge < -0.3 is 5.32 Å². The highest BCUT2D eigenvalue weighted by Crippen LogP contribution is 2.09. The van der Waals surface area contributed by atoms with Gasteiger partial charge in [0.15, 0.2) is 0 Å². The number of thiophene rings is 1. The van der Waals surface area contributed by atoms with Crippen LogP contribution in [0.15, 0.2) is 29.9 Å². The minimum absolute atomic E-state index is 0.958. The molecule has 0 fully saturated rings. The molecule has 2 N–H and O–H groups in total. The molecule has 0 aliphatic rings. The van der Waals surface area contributed by atoms with Crippen molar-refractivity contribution in [2.75, 3.05) is 11.9 Å². The SMILES string of the molecule is c1csc(CCNc2cn[nH]c2)c1. The van der Waals surface area contributed by atoms with E-state index in [4.69, 9.17) is 0 Å². The summed E-state index contributed by atoms with van der Waals surface area (Å²) in [5.74, 6) is 0. The summed E-state index contributed by atoms with van der Waals surface area (Å²) in [4.78, 5) is 1.41. The van der Waals surface area contributed by atoms with E-state index in [-0.39, 0.29) is 0 Å². The van der Waals surface area contributed by atoms with E-state index in [2.05, 4.69) is 33.0 Å². The van der Waals surface area contributed by atoms with Gasteiger partial charge in [-0.15, -0.1) is 11.3 Å². The zero-order chi connectivity index (χ0) is 8.93. The van der Waals surface area contributed by atoms with Gasteiger partial charge in [-0.2, -0.15) is 5.10 Å². The summed E-state index contributed by atoms with van der Waals surface area (Å²) >= 11 is 1.80. The molecular weight excluding hydrogens is 182 g/mol. The van der Waals surface area contributed by atoms with E-state index >= 15 is 0 Å². The summed E-state index contributed by atoms with van der Waals surface area (Å²) in [5.41, 5.74) is 1.05. The second-order valence-corrected chi connectivity index (χ2v) is 3.78. The number of aromatic amines is 1. The number of rotatable bonds is 4. The molecule has 4 heteroatoms. The number of nitrogens with zero attached hydrogens (tertiary/aromatic N) is 1. The average Bonchev–Trinajstić information content (AvgIpc) is 2.75. The second-order valence-electron chi connectivity index (χ2n) is 2.74. The molecule has 0 saturated carbocycles. The molecule has 0 bridgehead atoms. The largest absolute Gasteiger partial charge is 0.382 e. The summed E-state index contributed by atoms with van der Waals surface area (Å²) < 4.78 is 0. The van der Waals surface area contributed by atoms with Gasteiger partial charge in [0.25, 0.3) is 0 Å². The number of aromatic nitrogens is 2. The maximum Gasteiger partial charge on any atom is 0.0723 e. The van der Waals surface area contributed by atoms with Crippen molar-refractivity contribution in [3.8, 4) is 0 Å². The fourth-order valence-corrected chi connectivity index (χ4v) is 1.84. The first-order valence-corrected chi connectivity index (χ1v) is 5.08. The normalized spacial score (nSPS) is 10.2. The Kier molecular flexibility index (Phi) is 2.62. The second kappa shape index (κ2) is 4.09. The number of hydrogen-bond donors (Lipinski definition) is 2. The van der Waals surface area contributed by atoms with Crippen molar-refractivity contribution in [1.29, 1.82) is 0 Å². The minimum Gasteiger partial charge on any atom is -0.382 e. The molecule has 0 spiro atoms. The molecule has 0 saturated heterocycles. The van der Waals surface area contributed by atoms with Gasteiger partial charge in [-0.3, -0.25) is 5.10 Å². The Morgan fingerprint density at radius 1 is 1.54 bits per heavy atom. The molecule has 0 aliphatic heterocycles. The molecule has 2 aromatic heterocycles. The molecule has 0 aromatic carbocycles. The lowest BCUT2D eigenvalue weighted by Crippen LogP contribution is -2.02. The van der Waals surface area contributed by atoms with Gasteiger partial charge in [0.05, 0.1) is 11.9 Å². The van der Waals surface area contributed by atoms with Crippen molar-refractivity contribution >= 4 is 17.0 Å². The number of hydrogen-bond acceptors (Lipinski definition) is 3. The van der Waals surface area contributed by atoms with Crippen LogP contribution in [0.5, 0.6) is 0 Å². The highest BCUT2D eigenvalue weighted by Gasteiger charge is 1.94. The smallest absolute Gasteiger partial charge is 0.0723 e. The van der Waals surface area contributed by atoms with E-state index in [0.29, 0.717) is 0 Å². The third-order valence-corrected chi connectivity index (χ3v) is 2.72. The highest BCUT2D eigenvalue weighted by atomic mass is 32.1. The first-order chi connectivity index (χ1) is 6.45. The van der Waals surface area contributed by atoms with Crippen LogP contribution in [0.1, 0.15) is 4.88 Å². The quantitative estimate of drug-likeness (QED) is 0.781. The van der Waals surface area contributed by atoms with Gasteiger partial charge in [0.1, 0.15) is 0 Å². The van der Waals surface area contributed by atoms with Crippen LogP contribution in [-0.2, 0) is 6.42 Å². The molecule has 0 amide bonds. The monoisotopic (exact) mass is 193 g/mol. The fourth-order valence-electron chi connectivity index (χ4n) is 1.13. The maximum absolute atomic E-state index is 3.85. The summed E-state index contributed by atoms with van der Waals surface area (Å²) in [5, 5.41) is 12.0. The van der Waals surface area contributed by atoms with Gasteiger partial charge in [-0.1, -0.05) is 6.07 Å². The third-order valence-electron chi connectivity index (χ3n) is 1.78. The third kappa shape index (κ3) is 2.32. The van der Waals surface area contributed by atoms with Crippen LogP contribution in [0.3, 0.4) is 0 Å². The predicted molar refractivity (Wildman–Crippen MR) is 55.1 cm³/mol. The Labute approximate surface area is 80.8 Å². The van der Waals surface area contributed by atoms with Crippen molar-refractivity contribution in [3.63, 3.8) is 0 Å². The van der Waals surface area contributed by atoms with Gasteiger partial charge in [-0.25, -0.2) is 0 Å². The Morgan fingerprint density at radius 3 is 3.23 bits per heavy atom. The van der Waals surface area contributed by atoms with E-state index < -0.39 is 0 Å². The van der Waals surface area contributed by atoms with Crippen LogP contribution in [0.2, 0.25) is 0 Å². The van der Waals surface area contributed by atoms with Crippen molar-refractivity contribution in [3.05, 3.63) is 34.8 Å². The van der Waals surface area contributed by atoms with Crippen molar-refractivity contribution in [2.24, 2.45) is 0 Å². The van der Waals surface area contributed by atoms with Crippen molar-refractivity contribution in [2.45, 2.75) is 6.42 Å². The van der Waals surface area contributed by atoms with Crippen LogP contribution in [-0.4, -0.2) is 16.7 Å². The molecule has 0 unspecified atom stereocenters. The Bertz CT molecular complexity index is 291. The van der Waals surface area contributed by atoms with Crippen LogP contribution in [0.4, 0.5) is 5.69 Å². The molecule has 2 rings (SSSR count). The lowest BCUT2D eigenvalue weighted by molar-refractivity contribution is 1.04. The Morgan fingerprint density at radius 2 is 2.54 bits per heavy atom.